The van der Waals surface area contributed by atoms with Crippen LogP contribution in [0.3, 0.4) is 0 Å². The van der Waals surface area contributed by atoms with Gasteiger partial charge in [0.2, 0.25) is 5.91 Å². The maximum atomic E-state index is 13.0. The lowest BCUT2D eigenvalue weighted by Crippen LogP contribution is -2.49. The van der Waals surface area contributed by atoms with Gasteiger partial charge in [0, 0.05) is 19.0 Å². The van der Waals surface area contributed by atoms with Crippen LogP contribution in [-0.2, 0) is 15.0 Å². The summed E-state index contributed by atoms with van der Waals surface area (Å²) in [5.74, 6) is 2.75. The highest BCUT2D eigenvalue weighted by atomic mass is 16.4. The first-order chi connectivity index (χ1) is 12.1. The Balaban J connectivity index is 1.30. The lowest BCUT2D eigenvalue weighted by atomic mass is 9.72. The molecule has 1 amide bonds. The number of rotatable bonds is 3. The average molecular weight is 339 g/mol. The maximum Gasteiger partial charge on any atom is 0.314 e. The van der Waals surface area contributed by atoms with E-state index in [1.807, 2.05) is 35.2 Å². The number of carboxylic acids is 1. The van der Waals surface area contributed by atoms with Crippen molar-refractivity contribution >= 4 is 11.9 Å². The highest BCUT2D eigenvalue weighted by molar-refractivity contribution is 5.85. The highest BCUT2D eigenvalue weighted by Crippen LogP contribution is 2.69. The summed E-state index contributed by atoms with van der Waals surface area (Å²) in [5.41, 5.74) is 0.0344. The molecule has 1 saturated heterocycles. The van der Waals surface area contributed by atoms with Gasteiger partial charge >= 0.3 is 5.97 Å². The van der Waals surface area contributed by atoms with Gasteiger partial charge in [0.25, 0.3) is 0 Å². The summed E-state index contributed by atoms with van der Waals surface area (Å²) in [6, 6.07) is 9.54. The van der Waals surface area contributed by atoms with Crippen LogP contribution in [0.4, 0.5) is 0 Å². The molecule has 0 aromatic heterocycles. The lowest BCUT2D eigenvalue weighted by Gasteiger charge is -2.39. The van der Waals surface area contributed by atoms with Crippen molar-refractivity contribution in [3.05, 3.63) is 35.9 Å². The number of fused-ring (bicyclic) bond motifs is 5. The Bertz CT molecular complexity index is 691. The van der Waals surface area contributed by atoms with Crippen LogP contribution >= 0.6 is 0 Å². The number of aliphatic carboxylic acids is 1. The van der Waals surface area contributed by atoms with Gasteiger partial charge in [0.15, 0.2) is 0 Å². The number of nitrogens with zero attached hydrogens (tertiary/aromatic N) is 1. The van der Waals surface area contributed by atoms with E-state index in [4.69, 9.17) is 0 Å². The zero-order valence-electron chi connectivity index (χ0n) is 14.4. The zero-order chi connectivity index (χ0) is 17.2. The van der Waals surface area contributed by atoms with Crippen molar-refractivity contribution in [2.45, 2.75) is 37.5 Å². The molecule has 4 heteroatoms. The molecule has 4 atom stereocenters. The second kappa shape index (κ2) is 5.33. The third-order valence-electron chi connectivity index (χ3n) is 7.68. The van der Waals surface area contributed by atoms with Crippen LogP contribution < -0.4 is 0 Å². The predicted octanol–water partition coefficient (Wildman–Crippen LogP) is 2.92. The van der Waals surface area contributed by atoms with Crippen molar-refractivity contribution in [1.82, 2.24) is 4.90 Å². The smallest absolute Gasteiger partial charge is 0.314 e. The average Bonchev–Trinajstić information content (AvgIpc) is 3.08. The molecule has 3 aliphatic carbocycles. The third-order valence-corrected chi connectivity index (χ3v) is 7.68. The van der Waals surface area contributed by atoms with Crippen LogP contribution in [0.5, 0.6) is 0 Å². The minimum absolute atomic E-state index is 0.264. The van der Waals surface area contributed by atoms with E-state index in [0.717, 1.165) is 17.4 Å². The Hall–Kier alpha value is -1.84. The normalized spacial score (nSPS) is 37.6. The van der Waals surface area contributed by atoms with Crippen molar-refractivity contribution in [2.75, 3.05) is 13.1 Å². The summed E-state index contributed by atoms with van der Waals surface area (Å²) in [6.45, 7) is 1.15. The van der Waals surface area contributed by atoms with Gasteiger partial charge in [-0.05, 0) is 61.3 Å². The number of likely N-dealkylation sites (tertiary alicyclic amines) is 1. The number of benzene rings is 1. The molecule has 4 nitrogen and oxygen atoms in total. The summed E-state index contributed by atoms with van der Waals surface area (Å²) in [6.07, 6.45) is 5.05. The topological polar surface area (TPSA) is 57.6 Å². The van der Waals surface area contributed by atoms with E-state index in [1.54, 1.807) is 0 Å². The van der Waals surface area contributed by atoms with E-state index in [1.165, 1.54) is 19.3 Å². The summed E-state index contributed by atoms with van der Waals surface area (Å²) >= 11 is 0. The van der Waals surface area contributed by atoms with Crippen molar-refractivity contribution < 1.29 is 14.7 Å². The number of piperidine rings is 1. The van der Waals surface area contributed by atoms with Crippen LogP contribution in [0, 0.1) is 29.6 Å². The van der Waals surface area contributed by atoms with E-state index in [-0.39, 0.29) is 5.92 Å². The first-order valence-corrected chi connectivity index (χ1v) is 9.69. The van der Waals surface area contributed by atoms with Crippen molar-refractivity contribution in [3.63, 3.8) is 0 Å². The molecule has 1 heterocycles. The molecular weight excluding hydrogens is 314 g/mol. The van der Waals surface area contributed by atoms with Crippen LogP contribution in [0.1, 0.15) is 37.7 Å². The summed E-state index contributed by atoms with van der Waals surface area (Å²) in [4.78, 5) is 27.0. The molecule has 5 rings (SSSR count). The third kappa shape index (κ3) is 2.12. The van der Waals surface area contributed by atoms with Crippen LogP contribution in [0.2, 0.25) is 0 Å². The van der Waals surface area contributed by atoms with E-state index in [0.29, 0.717) is 43.7 Å². The van der Waals surface area contributed by atoms with Crippen molar-refractivity contribution in [3.8, 4) is 0 Å². The molecule has 0 radical (unpaired) electrons. The molecule has 0 spiro atoms. The zero-order valence-corrected chi connectivity index (χ0v) is 14.4. The van der Waals surface area contributed by atoms with Crippen LogP contribution in [-0.4, -0.2) is 35.0 Å². The summed E-state index contributed by atoms with van der Waals surface area (Å²) in [5, 5.41) is 9.89. The molecule has 2 bridgehead atoms. The van der Waals surface area contributed by atoms with Crippen LogP contribution in [0.15, 0.2) is 30.3 Å². The van der Waals surface area contributed by atoms with E-state index in [9.17, 15) is 14.7 Å². The summed E-state index contributed by atoms with van der Waals surface area (Å²) in [7, 11) is 0. The largest absolute Gasteiger partial charge is 0.481 e. The fourth-order valence-electron chi connectivity index (χ4n) is 6.36. The molecule has 132 valence electrons. The Labute approximate surface area is 148 Å². The second-order valence-electron chi connectivity index (χ2n) is 8.59. The van der Waals surface area contributed by atoms with Gasteiger partial charge in [-0.3, -0.25) is 9.59 Å². The molecule has 1 aromatic rings. The lowest BCUT2D eigenvalue weighted by molar-refractivity contribution is -0.148. The van der Waals surface area contributed by atoms with E-state index < -0.39 is 11.4 Å². The second-order valence-corrected chi connectivity index (χ2v) is 8.59. The van der Waals surface area contributed by atoms with E-state index in [2.05, 4.69) is 0 Å². The fourth-order valence-corrected chi connectivity index (χ4v) is 6.36. The van der Waals surface area contributed by atoms with Crippen molar-refractivity contribution in [1.29, 1.82) is 0 Å². The first kappa shape index (κ1) is 15.4. The number of hydrogen-bond donors (Lipinski definition) is 1. The van der Waals surface area contributed by atoms with Gasteiger partial charge in [0.1, 0.15) is 0 Å². The number of carbonyl (C=O) groups is 2. The van der Waals surface area contributed by atoms with Gasteiger partial charge in [-0.25, -0.2) is 0 Å². The Kier molecular flexibility index (Phi) is 3.28. The van der Waals surface area contributed by atoms with Gasteiger partial charge in [-0.2, -0.15) is 0 Å². The van der Waals surface area contributed by atoms with E-state index >= 15 is 0 Å². The van der Waals surface area contributed by atoms with Gasteiger partial charge < -0.3 is 10.0 Å². The SMILES string of the molecule is O=C(C1C2C3CCC(C3)C12)N1CCC(C(=O)O)(c2ccccc2)CC1. The Morgan fingerprint density at radius 1 is 1.00 bits per heavy atom. The molecule has 4 unspecified atom stereocenters. The van der Waals surface area contributed by atoms with Gasteiger partial charge in [0.05, 0.1) is 5.41 Å². The minimum Gasteiger partial charge on any atom is -0.481 e. The molecule has 1 aromatic carbocycles. The Morgan fingerprint density at radius 3 is 2.16 bits per heavy atom. The minimum atomic E-state index is -0.837. The number of carbonyl (C=O) groups excluding carboxylic acids is 1. The van der Waals surface area contributed by atoms with Crippen molar-refractivity contribution in [2.24, 2.45) is 29.6 Å². The molecule has 1 N–H and O–H groups in total. The monoisotopic (exact) mass is 339 g/mol. The molecule has 4 aliphatic rings. The van der Waals surface area contributed by atoms with Gasteiger partial charge in [-0.1, -0.05) is 30.3 Å². The molecule has 1 aliphatic heterocycles. The molecule has 25 heavy (non-hydrogen) atoms. The number of amides is 1. The standard InChI is InChI=1S/C21H25NO3/c23-19(18-16-13-6-7-14(12-13)17(16)18)22-10-8-21(9-11-22,20(24)25)15-4-2-1-3-5-15/h1-5,13-14,16-18H,6-12H2,(H,24,25). The van der Waals surface area contributed by atoms with Gasteiger partial charge in [-0.15, -0.1) is 0 Å². The molecule has 4 fully saturated rings. The molecule has 3 saturated carbocycles. The van der Waals surface area contributed by atoms with Crippen LogP contribution in [0.25, 0.3) is 0 Å². The fraction of sp³-hybridized carbons (Fsp3) is 0.619. The quantitative estimate of drug-likeness (QED) is 0.921. The Morgan fingerprint density at radius 2 is 1.60 bits per heavy atom. The predicted molar refractivity (Wildman–Crippen MR) is 92.9 cm³/mol. The number of hydrogen-bond acceptors (Lipinski definition) is 2. The summed E-state index contributed by atoms with van der Waals surface area (Å²) < 4.78 is 0. The highest BCUT2D eigenvalue weighted by Gasteiger charge is 2.68. The first-order valence-electron chi connectivity index (χ1n) is 9.69. The molecular formula is C21H25NO3. The maximum absolute atomic E-state index is 13.0. The number of carboxylic acid groups (broad SMARTS) is 1.